The number of hydrogen-bond donors (Lipinski definition) is 1. The maximum absolute atomic E-state index is 13.1. The fraction of sp³-hybridized carbons (Fsp3) is 0.462. The standard InChI is InChI=1S/C26H33NO4/c1-17(2)14-26(24(28)29,15-18(3)4)27(5)25(30)31-16-23-21-12-8-6-10-19(21)20-11-7-9-13-22(20)23/h6-13,17-18,23H,14-16H2,1-5H3,(H,28,29). The van der Waals surface area contributed by atoms with Gasteiger partial charge in [0.25, 0.3) is 0 Å². The fourth-order valence-electron chi connectivity index (χ4n) is 4.89. The molecule has 0 saturated carbocycles. The molecule has 0 bridgehead atoms. The summed E-state index contributed by atoms with van der Waals surface area (Å²) in [5.41, 5.74) is 3.30. The maximum atomic E-state index is 13.1. The molecule has 0 aromatic heterocycles. The summed E-state index contributed by atoms with van der Waals surface area (Å²) in [7, 11) is 1.55. The van der Waals surface area contributed by atoms with Crippen LogP contribution < -0.4 is 0 Å². The van der Waals surface area contributed by atoms with Crippen molar-refractivity contribution < 1.29 is 19.4 Å². The zero-order valence-corrected chi connectivity index (χ0v) is 19.1. The van der Waals surface area contributed by atoms with Gasteiger partial charge in [0.15, 0.2) is 0 Å². The molecular formula is C26H33NO4. The maximum Gasteiger partial charge on any atom is 0.410 e. The number of benzene rings is 2. The summed E-state index contributed by atoms with van der Waals surface area (Å²) < 4.78 is 5.74. The summed E-state index contributed by atoms with van der Waals surface area (Å²) >= 11 is 0. The molecule has 2 aromatic carbocycles. The van der Waals surface area contributed by atoms with Crippen molar-refractivity contribution in [2.45, 2.75) is 52.0 Å². The average molecular weight is 424 g/mol. The molecule has 0 unspecified atom stereocenters. The Bertz CT molecular complexity index is 894. The van der Waals surface area contributed by atoms with Crippen LogP contribution in [0, 0.1) is 11.8 Å². The van der Waals surface area contributed by atoms with Crippen molar-refractivity contribution in [2.75, 3.05) is 13.7 Å². The molecular weight excluding hydrogens is 390 g/mol. The van der Waals surface area contributed by atoms with Crippen molar-refractivity contribution in [3.05, 3.63) is 59.7 Å². The molecule has 0 heterocycles. The van der Waals surface area contributed by atoms with Crippen molar-refractivity contribution >= 4 is 12.1 Å². The Kier molecular flexibility index (Phi) is 6.73. The van der Waals surface area contributed by atoms with E-state index in [2.05, 4.69) is 24.3 Å². The molecule has 0 atom stereocenters. The minimum atomic E-state index is -1.29. The third-order valence-electron chi connectivity index (χ3n) is 6.14. The third-order valence-corrected chi connectivity index (χ3v) is 6.14. The molecule has 0 saturated heterocycles. The normalized spacial score (nSPS) is 13.3. The van der Waals surface area contributed by atoms with Gasteiger partial charge in [0.1, 0.15) is 12.1 Å². The van der Waals surface area contributed by atoms with Gasteiger partial charge in [-0.25, -0.2) is 9.59 Å². The van der Waals surface area contributed by atoms with Crippen molar-refractivity contribution in [1.29, 1.82) is 0 Å². The first kappa shape index (κ1) is 22.9. The molecule has 5 nitrogen and oxygen atoms in total. The summed E-state index contributed by atoms with van der Waals surface area (Å²) in [5, 5.41) is 10.1. The van der Waals surface area contributed by atoms with Crippen LogP contribution in [0.4, 0.5) is 4.79 Å². The molecule has 31 heavy (non-hydrogen) atoms. The number of hydrogen-bond acceptors (Lipinski definition) is 3. The lowest BCUT2D eigenvalue weighted by atomic mass is 9.80. The van der Waals surface area contributed by atoms with E-state index >= 15 is 0 Å². The van der Waals surface area contributed by atoms with Gasteiger partial charge in [-0.05, 0) is 46.9 Å². The lowest BCUT2D eigenvalue weighted by Crippen LogP contribution is -2.57. The van der Waals surface area contributed by atoms with Crippen molar-refractivity contribution in [1.82, 2.24) is 4.90 Å². The van der Waals surface area contributed by atoms with E-state index < -0.39 is 17.6 Å². The van der Waals surface area contributed by atoms with Crippen molar-refractivity contribution in [2.24, 2.45) is 11.8 Å². The highest BCUT2D eigenvalue weighted by molar-refractivity contribution is 5.84. The second kappa shape index (κ2) is 9.13. The Morgan fingerprint density at radius 3 is 1.81 bits per heavy atom. The van der Waals surface area contributed by atoms with Gasteiger partial charge in [-0.2, -0.15) is 0 Å². The molecule has 1 amide bonds. The minimum absolute atomic E-state index is 0.0563. The van der Waals surface area contributed by atoms with Gasteiger partial charge < -0.3 is 9.84 Å². The topological polar surface area (TPSA) is 66.8 Å². The highest BCUT2D eigenvalue weighted by atomic mass is 16.6. The van der Waals surface area contributed by atoms with E-state index in [0.29, 0.717) is 12.8 Å². The molecule has 3 rings (SSSR count). The summed E-state index contributed by atoms with van der Waals surface area (Å²) in [6, 6.07) is 16.3. The molecule has 0 fully saturated rings. The number of nitrogens with zero attached hydrogens (tertiary/aromatic N) is 1. The van der Waals surface area contributed by atoms with Crippen molar-refractivity contribution in [3.8, 4) is 11.1 Å². The van der Waals surface area contributed by atoms with E-state index in [9.17, 15) is 14.7 Å². The van der Waals surface area contributed by atoms with E-state index in [1.54, 1.807) is 7.05 Å². The summed E-state index contributed by atoms with van der Waals surface area (Å²) in [6.07, 6.45) is 0.160. The first-order chi connectivity index (χ1) is 14.7. The number of carboxylic acids is 1. The van der Waals surface area contributed by atoms with Crippen LogP contribution in [0.25, 0.3) is 11.1 Å². The molecule has 2 aromatic rings. The van der Waals surface area contributed by atoms with Gasteiger partial charge in [-0.15, -0.1) is 0 Å². The molecule has 5 heteroatoms. The Morgan fingerprint density at radius 1 is 0.935 bits per heavy atom. The van der Waals surface area contributed by atoms with E-state index in [0.717, 1.165) is 22.3 Å². The van der Waals surface area contributed by atoms with Crippen LogP contribution in [0.15, 0.2) is 48.5 Å². The number of carbonyl (C=O) groups is 2. The zero-order chi connectivity index (χ0) is 22.8. The zero-order valence-electron chi connectivity index (χ0n) is 19.1. The minimum Gasteiger partial charge on any atom is -0.479 e. The molecule has 0 radical (unpaired) electrons. The van der Waals surface area contributed by atoms with Gasteiger partial charge in [0, 0.05) is 13.0 Å². The molecule has 0 spiro atoms. The predicted octanol–water partition coefficient (Wildman–Crippen LogP) is 5.78. The number of aliphatic carboxylic acids is 1. The lowest BCUT2D eigenvalue weighted by molar-refractivity contribution is -0.152. The van der Waals surface area contributed by atoms with Gasteiger partial charge >= 0.3 is 12.1 Å². The highest BCUT2D eigenvalue weighted by Gasteiger charge is 2.46. The summed E-state index contributed by atoms with van der Waals surface area (Å²) in [4.78, 5) is 26.8. The van der Waals surface area contributed by atoms with E-state index in [1.807, 2.05) is 52.0 Å². The lowest BCUT2D eigenvalue weighted by Gasteiger charge is -2.40. The Balaban J connectivity index is 1.83. The third kappa shape index (κ3) is 4.46. The first-order valence-electron chi connectivity index (χ1n) is 11.0. The van der Waals surface area contributed by atoms with Crippen LogP contribution in [0.5, 0.6) is 0 Å². The van der Waals surface area contributed by atoms with Crippen LogP contribution in [0.1, 0.15) is 57.6 Å². The second-order valence-electron chi connectivity index (χ2n) is 9.40. The Morgan fingerprint density at radius 2 is 1.39 bits per heavy atom. The predicted molar refractivity (Wildman–Crippen MR) is 122 cm³/mol. The summed E-state index contributed by atoms with van der Waals surface area (Å²) in [6.45, 7) is 8.08. The number of likely N-dealkylation sites (N-methyl/N-ethyl adjacent to an activating group) is 1. The van der Waals surface area contributed by atoms with E-state index in [4.69, 9.17) is 4.74 Å². The number of rotatable bonds is 8. The average Bonchev–Trinajstić information content (AvgIpc) is 3.04. The van der Waals surface area contributed by atoms with Crippen molar-refractivity contribution in [3.63, 3.8) is 0 Å². The van der Waals surface area contributed by atoms with Crippen LogP contribution >= 0.6 is 0 Å². The molecule has 1 aliphatic carbocycles. The monoisotopic (exact) mass is 423 g/mol. The Labute approximate surface area is 185 Å². The number of amides is 1. The van der Waals surface area contributed by atoms with Gasteiger partial charge in [0.05, 0.1) is 0 Å². The van der Waals surface area contributed by atoms with Gasteiger partial charge in [0.2, 0.25) is 0 Å². The summed E-state index contributed by atoms with van der Waals surface area (Å²) in [5.74, 6) is -0.789. The molecule has 1 aliphatic rings. The molecule has 166 valence electrons. The molecule has 0 aliphatic heterocycles. The number of carboxylic acid groups (broad SMARTS) is 1. The van der Waals surface area contributed by atoms with Gasteiger partial charge in [-0.1, -0.05) is 76.2 Å². The smallest absolute Gasteiger partial charge is 0.410 e. The Hall–Kier alpha value is -2.82. The number of carbonyl (C=O) groups excluding carboxylic acids is 1. The van der Waals surface area contributed by atoms with Crippen LogP contribution in [0.3, 0.4) is 0 Å². The van der Waals surface area contributed by atoms with E-state index in [1.165, 1.54) is 4.90 Å². The first-order valence-corrected chi connectivity index (χ1v) is 11.0. The quantitative estimate of drug-likeness (QED) is 0.584. The van der Waals surface area contributed by atoms with Gasteiger partial charge in [-0.3, -0.25) is 4.90 Å². The van der Waals surface area contributed by atoms with Crippen LogP contribution in [-0.4, -0.2) is 41.3 Å². The SMILES string of the molecule is CC(C)CC(CC(C)C)(C(=O)O)N(C)C(=O)OCC1c2ccccc2-c2ccccc21. The van der Waals surface area contributed by atoms with E-state index in [-0.39, 0.29) is 24.4 Å². The largest absolute Gasteiger partial charge is 0.479 e. The fourth-order valence-corrected chi connectivity index (χ4v) is 4.89. The van der Waals surface area contributed by atoms with Crippen LogP contribution in [0.2, 0.25) is 0 Å². The highest BCUT2D eigenvalue weighted by Crippen LogP contribution is 2.44. The number of fused-ring (bicyclic) bond motifs is 3. The number of ether oxygens (including phenoxy) is 1. The molecule has 1 N–H and O–H groups in total. The second-order valence-corrected chi connectivity index (χ2v) is 9.40. The van der Waals surface area contributed by atoms with Crippen LogP contribution in [-0.2, 0) is 9.53 Å².